The summed E-state index contributed by atoms with van der Waals surface area (Å²) in [6.45, 7) is 1.63. The van der Waals surface area contributed by atoms with Gasteiger partial charge in [0.2, 0.25) is 0 Å². The number of anilines is 1. The van der Waals surface area contributed by atoms with E-state index in [0.29, 0.717) is 0 Å². The van der Waals surface area contributed by atoms with Gasteiger partial charge in [-0.25, -0.2) is 0 Å². The minimum atomic E-state index is -0.852. The molecule has 0 spiro atoms. The zero-order valence-corrected chi connectivity index (χ0v) is 10.9. The highest BCUT2D eigenvalue weighted by atomic mass is 79.9. The zero-order valence-electron chi connectivity index (χ0n) is 8.53. The second kappa shape index (κ2) is 4.43. The standard InChI is InChI=1S/C11H10BrNO2S/c1-6(11(14)15)13-9-5-16-10-3-2-7(12)4-8(9)10/h2-6,13H,1H3,(H,14,15)/t6-/m0/s1. The maximum absolute atomic E-state index is 10.8. The second-order valence-corrected chi connectivity index (χ2v) is 5.32. The Balaban J connectivity index is 2.37. The van der Waals surface area contributed by atoms with E-state index in [1.165, 1.54) is 0 Å². The fraction of sp³-hybridized carbons (Fsp3) is 0.182. The van der Waals surface area contributed by atoms with Crippen LogP contribution in [0.25, 0.3) is 10.1 Å². The van der Waals surface area contributed by atoms with E-state index in [1.54, 1.807) is 18.3 Å². The first-order chi connectivity index (χ1) is 7.58. The Morgan fingerprint density at radius 2 is 2.31 bits per heavy atom. The van der Waals surface area contributed by atoms with E-state index >= 15 is 0 Å². The molecule has 84 valence electrons. The topological polar surface area (TPSA) is 49.3 Å². The number of benzene rings is 1. The van der Waals surface area contributed by atoms with Crippen LogP contribution in [0, 0.1) is 0 Å². The number of carbonyl (C=O) groups is 1. The Bertz CT molecular complexity index is 538. The molecule has 0 radical (unpaired) electrons. The molecule has 1 heterocycles. The van der Waals surface area contributed by atoms with Crippen LogP contribution in [0.15, 0.2) is 28.1 Å². The van der Waals surface area contributed by atoms with E-state index in [9.17, 15) is 4.79 Å². The minimum Gasteiger partial charge on any atom is -0.480 e. The van der Waals surface area contributed by atoms with Gasteiger partial charge in [0.25, 0.3) is 0 Å². The number of carboxylic acid groups (broad SMARTS) is 1. The van der Waals surface area contributed by atoms with E-state index in [2.05, 4.69) is 21.2 Å². The van der Waals surface area contributed by atoms with Gasteiger partial charge in [-0.2, -0.15) is 0 Å². The van der Waals surface area contributed by atoms with Gasteiger partial charge in [-0.05, 0) is 25.1 Å². The van der Waals surface area contributed by atoms with Gasteiger partial charge < -0.3 is 10.4 Å². The smallest absolute Gasteiger partial charge is 0.325 e. The summed E-state index contributed by atoms with van der Waals surface area (Å²) >= 11 is 5.01. The number of rotatable bonds is 3. The van der Waals surface area contributed by atoms with Crippen molar-refractivity contribution in [1.82, 2.24) is 0 Å². The number of thiophene rings is 1. The van der Waals surface area contributed by atoms with Crippen LogP contribution in [-0.4, -0.2) is 17.1 Å². The van der Waals surface area contributed by atoms with Crippen LogP contribution < -0.4 is 5.32 Å². The van der Waals surface area contributed by atoms with Gasteiger partial charge in [0, 0.05) is 19.9 Å². The highest BCUT2D eigenvalue weighted by molar-refractivity contribution is 9.10. The molecule has 0 aliphatic heterocycles. The van der Waals surface area contributed by atoms with Gasteiger partial charge in [0.05, 0.1) is 5.69 Å². The third kappa shape index (κ3) is 2.20. The predicted octanol–water partition coefficient (Wildman–Crippen LogP) is 3.55. The van der Waals surface area contributed by atoms with E-state index in [-0.39, 0.29) is 0 Å². The van der Waals surface area contributed by atoms with Gasteiger partial charge in [-0.3, -0.25) is 4.79 Å². The van der Waals surface area contributed by atoms with Crippen LogP contribution in [0.3, 0.4) is 0 Å². The molecular weight excluding hydrogens is 290 g/mol. The van der Waals surface area contributed by atoms with Crippen molar-refractivity contribution in [3.05, 3.63) is 28.1 Å². The number of hydrogen-bond donors (Lipinski definition) is 2. The number of halogens is 1. The fourth-order valence-corrected chi connectivity index (χ4v) is 2.65. The maximum Gasteiger partial charge on any atom is 0.325 e. The quantitative estimate of drug-likeness (QED) is 0.911. The van der Waals surface area contributed by atoms with E-state index in [4.69, 9.17) is 5.11 Å². The van der Waals surface area contributed by atoms with Crippen molar-refractivity contribution in [3.63, 3.8) is 0 Å². The monoisotopic (exact) mass is 299 g/mol. The summed E-state index contributed by atoms with van der Waals surface area (Å²) in [5.41, 5.74) is 0.871. The SMILES string of the molecule is C[C@H](Nc1csc2ccc(Br)cc12)C(=O)O. The van der Waals surface area contributed by atoms with Crippen molar-refractivity contribution in [2.24, 2.45) is 0 Å². The largest absolute Gasteiger partial charge is 0.480 e. The van der Waals surface area contributed by atoms with E-state index < -0.39 is 12.0 Å². The number of nitrogens with one attached hydrogen (secondary N) is 1. The van der Waals surface area contributed by atoms with Crippen LogP contribution in [0.5, 0.6) is 0 Å². The van der Waals surface area contributed by atoms with Gasteiger partial charge in [0.1, 0.15) is 6.04 Å². The van der Waals surface area contributed by atoms with Crippen LogP contribution in [-0.2, 0) is 4.79 Å². The molecule has 2 aromatic rings. The molecule has 2 N–H and O–H groups in total. The summed E-state index contributed by atoms with van der Waals surface area (Å²) in [5.74, 6) is -0.852. The van der Waals surface area contributed by atoms with Gasteiger partial charge >= 0.3 is 5.97 Å². The molecule has 1 aromatic carbocycles. The molecule has 0 saturated carbocycles. The molecule has 3 nitrogen and oxygen atoms in total. The minimum absolute atomic E-state index is 0.586. The molecule has 0 saturated heterocycles. The van der Waals surface area contributed by atoms with Crippen molar-refractivity contribution in [3.8, 4) is 0 Å². The average molecular weight is 300 g/mol. The third-order valence-corrected chi connectivity index (χ3v) is 3.73. The first-order valence-electron chi connectivity index (χ1n) is 4.74. The molecule has 0 aliphatic carbocycles. The molecule has 0 amide bonds. The Kier molecular flexibility index (Phi) is 3.16. The van der Waals surface area contributed by atoms with E-state index in [0.717, 1.165) is 20.2 Å². The fourth-order valence-electron chi connectivity index (χ4n) is 1.41. The normalized spacial score (nSPS) is 12.6. The highest BCUT2D eigenvalue weighted by Gasteiger charge is 2.12. The Morgan fingerprint density at radius 1 is 1.56 bits per heavy atom. The molecule has 0 fully saturated rings. The van der Waals surface area contributed by atoms with Gasteiger partial charge in [-0.15, -0.1) is 11.3 Å². The van der Waals surface area contributed by atoms with Crippen molar-refractivity contribution in [2.45, 2.75) is 13.0 Å². The number of carboxylic acids is 1. The molecule has 5 heteroatoms. The van der Waals surface area contributed by atoms with Crippen molar-refractivity contribution >= 4 is 49.0 Å². The number of fused-ring (bicyclic) bond motifs is 1. The molecule has 1 atom stereocenters. The van der Waals surface area contributed by atoms with Crippen molar-refractivity contribution in [1.29, 1.82) is 0 Å². The molecule has 0 bridgehead atoms. The van der Waals surface area contributed by atoms with Crippen LogP contribution in [0.1, 0.15) is 6.92 Å². The summed E-state index contributed by atoms with van der Waals surface area (Å²) in [4.78, 5) is 10.8. The lowest BCUT2D eigenvalue weighted by Crippen LogP contribution is -2.25. The lowest BCUT2D eigenvalue weighted by atomic mass is 10.2. The zero-order chi connectivity index (χ0) is 11.7. The van der Waals surface area contributed by atoms with E-state index in [1.807, 2.05) is 23.6 Å². The Labute approximate surface area is 105 Å². The first-order valence-corrected chi connectivity index (χ1v) is 6.41. The van der Waals surface area contributed by atoms with Crippen LogP contribution in [0.2, 0.25) is 0 Å². The second-order valence-electron chi connectivity index (χ2n) is 3.49. The Hall–Kier alpha value is -1.07. The van der Waals surface area contributed by atoms with Crippen molar-refractivity contribution < 1.29 is 9.90 Å². The number of hydrogen-bond acceptors (Lipinski definition) is 3. The molecule has 16 heavy (non-hydrogen) atoms. The lowest BCUT2D eigenvalue weighted by molar-refractivity contribution is -0.137. The van der Waals surface area contributed by atoms with Gasteiger partial charge in [-0.1, -0.05) is 15.9 Å². The highest BCUT2D eigenvalue weighted by Crippen LogP contribution is 2.32. The maximum atomic E-state index is 10.8. The molecule has 0 aliphatic rings. The van der Waals surface area contributed by atoms with Crippen molar-refractivity contribution in [2.75, 3.05) is 5.32 Å². The predicted molar refractivity (Wildman–Crippen MR) is 70.2 cm³/mol. The summed E-state index contributed by atoms with van der Waals surface area (Å²) in [7, 11) is 0. The van der Waals surface area contributed by atoms with Crippen LogP contribution in [0.4, 0.5) is 5.69 Å². The molecular formula is C11H10BrNO2S. The summed E-state index contributed by atoms with van der Waals surface area (Å²) < 4.78 is 2.13. The average Bonchev–Trinajstić information content (AvgIpc) is 2.61. The van der Waals surface area contributed by atoms with Crippen LogP contribution >= 0.6 is 27.3 Å². The third-order valence-electron chi connectivity index (χ3n) is 2.28. The lowest BCUT2D eigenvalue weighted by Gasteiger charge is -2.09. The number of aliphatic carboxylic acids is 1. The summed E-state index contributed by atoms with van der Waals surface area (Å²) in [6.07, 6.45) is 0. The van der Waals surface area contributed by atoms with Gasteiger partial charge in [0.15, 0.2) is 0 Å². The summed E-state index contributed by atoms with van der Waals surface area (Å²) in [5, 5.41) is 14.8. The molecule has 1 aromatic heterocycles. The first kappa shape index (κ1) is 11.4. The molecule has 0 unspecified atom stereocenters. The Morgan fingerprint density at radius 3 is 3.00 bits per heavy atom. The summed E-state index contributed by atoms with van der Waals surface area (Å²) in [6, 6.07) is 5.39. The molecule has 2 rings (SSSR count).